The molecule has 30 heavy (non-hydrogen) atoms. The fourth-order valence-corrected chi connectivity index (χ4v) is 4.70. The molecule has 2 heterocycles. The van der Waals surface area contributed by atoms with Crippen LogP contribution in [0, 0.1) is 6.92 Å². The van der Waals surface area contributed by atoms with Crippen molar-refractivity contribution in [2.45, 2.75) is 13.5 Å². The second-order valence-electron chi connectivity index (χ2n) is 6.63. The van der Waals surface area contributed by atoms with Crippen LogP contribution in [0.5, 0.6) is 0 Å². The van der Waals surface area contributed by atoms with Crippen molar-refractivity contribution in [3.05, 3.63) is 90.4 Å². The molecule has 2 aromatic heterocycles. The molecule has 0 aliphatic rings. The van der Waals surface area contributed by atoms with Crippen molar-refractivity contribution in [1.29, 1.82) is 0 Å². The minimum atomic E-state index is -0.583. The second kappa shape index (κ2) is 8.10. The highest BCUT2D eigenvalue weighted by Crippen LogP contribution is 2.24. The molecule has 4 rings (SSSR count). The smallest absolute Gasteiger partial charge is 0.324 e. The van der Waals surface area contributed by atoms with Gasteiger partial charge in [-0.15, -0.1) is 11.3 Å². The van der Waals surface area contributed by atoms with Crippen molar-refractivity contribution in [2.24, 2.45) is 0 Å². The van der Waals surface area contributed by atoms with Crippen molar-refractivity contribution >= 4 is 56.3 Å². The second-order valence-corrected chi connectivity index (χ2v) is 8.73. The number of nitrogens with one attached hydrogen (secondary N) is 1. The Balaban J connectivity index is 1.81. The number of hydrogen-bond acceptors (Lipinski definition) is 4. The number of fused-ring (bicyclic) bond motifs is 1. The third kappa shape index (κ3) is 3.92. The molecule has 0 unspecified atom stereocenters. The molecule has 4 aromatic rings. The number of aromatic nitrogens is 2. The topological polar surface area (TPSA) is 73.1 Å². The number of anilines is 1. The van der Waals surface area contributed by atoms with Crippen molar-refractivity contribution in [2.75, 3.05) is 5.32 Å². The Labute approximate surface area is 184 Å². The lowest BCUT2D eigenvalue weighted by Crippen LogP contribution is -2.40. The van der Waals surface area contributed by atoms with E-state index in [1.807, 2.05) is 6.92 Å². The third-order valence-electron chi connectivity index (χ3n) is 4.40. The first-order valence-electron chi connectivity index (χ1n) is 8.91. The summed E-state index contributed by atoms with van der Waals surface area (Å²) in [7, 11) is 0. The van der Waals surface area contributed by atoms with E-state index in [4.69, 9.17) is 23.2 Å². The van der Waals surface area contributed by atoms with Gasteiger partial charge in [0.05, 0.1) is 11.1 Å². The molecule has 6 nitrogen and oxygen atoms in total. The predicted molar refractivity (Wildman–Crippen MR) is 122 cm³/mol. The van der Waals surface area contributed by atoms with Gasteiger partial charge in [-0.1, -0.05) is 41.4 Å². The number of hydrogen-bond donors (Lipinski definition) is 1. The fraction of sp³-hybridized carbons (Fsp3) is 0.0952. The summed E-state index contributed by atoms with van der Waals surface area (Å²) in [4.78, 5) is 40.2. The zero-order chi connectivity index (χ0) is 21.4. The lowest BCUT2D eigenvalue weighted by Gasteiger charge is -2.12. The number of carbonyl (C=O) groups is 1. The highest BCUT2D eigenvalue weighted by atomic mass is 35.5. The SMILES string of the molecule is Cc1cc2c(=O)n(-c3ccccc3)c(=O)n(CC(=O)Nc3cc(Cl)cc(Cl)c3)c2s1. The summed E-state index contributed by atoms with van der Waals surface area (Å²) in [5.74, 6) is -0.443. The maximum Gasteiger partial charge on any atom is 0.337 e. The summed E-state index contributed by atoms with van der Waals surface area (Å²) in [6, 6.07) is 15.0. The molecule has 0 saturated carbocycles. The number of aryl methyl sites for hydroxylation is 1. The molecule has 0 spiro atoms. The van der Waals surface area contributed by atoms with E-state index in [1.165, 1.54) is 15.9 Å². The van der Waals surface area contributed by atoms with E-state index >= 15 is 0 Å². The lowest BCUT2D eigenvalue weighted by atomic mass is 10.3. The first-order valence-corrected chi connectivity index (χ1v) is 10.5. The van der Waals surface area contributed by atoms with Gasteiger partial charge in [-0.3, -0.25) is 14.2 Å². The van der Waals surface area contributed by atoms with E-state index in [2.05, 4.69) is 5.32 Å². The summed E-state index contributed by atoms with van der Waals surface area (Å²) in [5.41, 5.74) is -0.141. The Morgan fingerprint density at radius 2 is 1.70 bits per heavy atom. The van der Waals surface area contributed by atoms with Gasteiger partial charge in [-0.25, -0.2) is 9.36 Å². The van der Waals surface area contributed by atoms with Crippen LogP contribution < -0.4 is 16.6 Å². The zero-order valence-electron chi connectivity index (χ0n) is 15.7. The van der Waals surface area contributed by atoms with Crippen LogP contribution in [0.15, 0.2) is 64.2 Å². The molecule has 152 valence electrons. The van der Waals surface area contributed by atoms with Gasteiger partial charge in [0.25, 0.3) is 5.56 Å². The lowest BCUT2D eigenvalue weighted by molar-refractivity contribution is -0.116. The van der Waals surface area contributed by atoms with Crippen molar-refractivity contribution in [3.8, 4) is 5.69 Å². The molecule has 0 atom stereocenters. The molecule has 0 aliphatic heterocycles. The number of thiophene rings is 1. The molecular weight excluding hydrogens is 445 g/mol. The Hall–Kier alpha value is -2.87. The van der Waals surface area contributed by atoms with E-state index in [-0.39, 0.29) is 6.54 Å². The molecule has 9 heteroatoms. The number of amides is 1. The minimum Gasteiger partial charge on any atom is -0.324 e. The largest absolute Gasteiger partial charge is 0.337 e. The maximum absolute atomic E-state index is 13.2. The highest BCUT2D eigenvalue weighted by molar-refractivity contribution is 7.18. The van der Waals surface area contributed by atoms with Gasteiger partial charge >= 0.3 is 5.69 Å². The third-order valence-corrected chi connectivity index (χ3v) is 5.91. The van der Waals surface area contributed by atoms with Gasteiger partial charge in [0.1, 0.15) is 11.4 Å². The number of rotatable bonds is 4. The van der Waals surface area contributed by atoms with Gasteiger partial charge in [-0.05, 0) is 43.3 Å². The van der Waals surface area contributed by atoms with Crippen LogP contribution in [0.1, 0.15) is 4.88 Å². The summed E-state index contributed by atoms with van der Waals surface area (Å²) in [5, 5.41) is 3.84. The maximum atomic E-state index is 13.2. The molecule has 0 saturated heterocycles. The predicted octanol–water partition coefficient (Wildman–Crippen LogP) is 4.47. The minimum absolute atomic E-state index is 0.271. The molecule has 2 aromatic carbocycles. The van der Waals surface area contributed by atoms with E-state index in [9.17, 15) is 14.4 Å². The monoisotopic (exact) mass is 459 g/mol. The highest BCUT2D eigenvalue weighted by Gasteiger charge is 2.18. The number of benzene rings is 2. The molecule has 0 aliphatic carbocycles. The Morgan fingerprint density at radius 3 is 2.37 bits per heavy atom. The zero-order valence-corrected chi connectivity index (χ0v) is 18.0. The molecular formula is C21H15Cl2N3O3S. The average molecular weight is 460 g/mol. The number of carbonyl (C=O) groups excluding carboxylic acids is 1. The fourth-order valence-electron chi connectivity index (χ4n) is 3.18. The first-order chi connectivity index (χ1) is 14.3. The summed E-state index contributed by atoms with van der Waals surface area (Å²) in [6.07, 6.45) is 0. The Bertz CT molecular complexity index is 1370. The van der Waals surface area contributed by atoms with Crippen molar-refractivity contribution < 1.29 is 4.79 Å². The summed E-state index contributed by atoms with van der Waals surface area (Å²) >= 11 is 13.2. The number of halogens is 2. The van der Waals surface area contributed by atoms with Crippen LogP contribution in [0.25, 0.3) is 15.9 Å². The number of nitrogens with zero attached hydrogens (tertiary/aromatic N) is 2. The molecule has 1 N–H and O–H groups in total. The van der Waals surface area contributed by atoms with Crippen LogP contribution >= 0.6 is 34.5 Å². The van der Waals surface area contributed by atoms with Gasteiger partial charge in [-0.2, -0.15) is 0 Å². The summed E-state index contributed by atoms with van der Waals surface area (Å²) in [6.45, 7) is 1.58. The van der Waals surface area contributed by atoms with E-state index in [1.54, 1.807) is 54.6 Å². The molecule has 1 amide bonds. The van der Waals surface area contributed by atoms with Gasteiger partial charge in [0.2, 0.25) is 5.91 Å². The molecule has 0 bridgehead atoms. The molecule has 0 radical (unpaired) electrons. The van der Waals surface area contributed by atoms with Gasteiger partial charge < -0.3 is 5.32 Å². The van der Waals surface area contributed by atoms with Crippen LogP contribution in [-0.2, 0) is 11.3 Å². The van der Waals surface area contributed by atoms with Crippen LogP contribution in [0.2, 0.25) is 10.0 Å². The molecule has 0 fully saturated rings. The summed E-state index contributed by atoms with van der Waals surface area (Å²) < 4.78 is 2.39. The Kier molecular flexibility index (Phi) is 5.51. The quantitative estimate of drug-likeness (QED) is 0.489. The van der Waals surface area contributed by atoms with Crippen molar-refractivity contribution in [3.63, 3.8) is 0 Å². The van der Waals surface area contributed by atoms with E-state index in [0.717, 1.165) is 9.44 Å². The first kappa shape index (κ1) is 20.4. The van der Waals surface area contributed by atoms with Crippen molar-refractivity contribution in [1.82, 2.24) is 9.13 Å². The van der Waals surface area contributed by atoms with Gasteiger partial charge in [0.15, 0.2) is 0 Å². The normalized spacial score (nSPS) is 11.0. The van der Waals surface area contributed by atoms with E-state index < -0.39 is 17.2 Å². The van der Waals surface area contributed by atoms with Crippen LogP contribution in [0.3, 0.4) is 0 Å². The van der Waals surface area contributed by atoms with Crippen LogP contribution in [-0.4, -0.2) is 15.0 Å². The van der Waals surface area contributed by atoms with E-state index in [0.29, 0.717) is 31.6 Å². The number of para-hydroxylation sites is 1. The Morgan fingerprint density at radius 1 is 1.03 bits per heavy atom. The van der Waals surface area contributed by atoms with Crippen LogP contribution in [0.4, 0.5) is 5.69 Å². The standard InChI is InChI=1S/C21H15Cl2N3O3S/c1-12-7-17-19(28)26(16-5-3-2-4-6-16)21(29)25(20(17)30-12)11-18(27)24-15-9-13(22)8-14(23)10-15/h2-10H,11H2,1H3,(H,24,27). The average Bonchev–Trinajstić information content (AvgIpc) is 3.07. The van der Waals surface area contributed by atoms with Gasteiger partial charge in [0, 0.05) is 20.6 Å².